The summed E-state index contributed by atoms with van der Waals surface area (Å²) in [5.74, 6) is 1.05. The van der Waals surface area contributed by atoms with Crippen LogP contribution in [0.2, 0.25) is 0 Å². The van der Waals surface area contributed by atoms with Crippen LogP contribution in [0.3, 0.4) is 0 Å². The predicted molar refractivity (Wildman–Crippen MR) is 218 cm³/mol. The third-order valence-corrected chi connectivity index (χ3v) is 11.0. The number of hydrogen-bond acceptors (Lipinski definition) is 9. The van der Waals surface area contributed by atoms with E-state index in [-0.39, 0.29) is 18.8 Å². The molecular weight excluding hydrogens is 743 g/mol. The number of methoxy groups -OCH3 is 2. The second kappa shape index (κ2) is 17.4. The second-order valence-corrected chi connectivity index (χ2v) is 15.6. The predicted octanol–water partition coefficient (Wildman–Crippen LogP) is 8.13. The zero-order valence-corrected chi connectivity index (χ0v) is 32.6. The molecule has 1 aliphatic heterocycles. The van der Waals surface area contributed by atoms with Crippen molar-refractivity contribution in [3.8, 4) is 11.5 Å². The summed E-state index contributed by atoms with van der Waals surface area (Å²) in [5, 5.41) is 5.71. The van der Waals surface area contributed by atoms with E-state index in [1.807, 2.05) is 103 Å². The Morgan fingerprint density at radius 1 is 0.789 bits per heavy atom. The molecule has 4 atom stereocenters. The molecule has 1 amide bonds. The fourth-order valence-corrected chi connectivity index (χ4v) is 8.33. The van der Waals surface area contributed by atoms with Gasteiger partial charge >= 0.3 is 5.69 Å². The van der Waals surface area contributed by atoms with Crippen LogP contribution in [0.5, 0.6) is 11.5 Å². The van der Waals surface area contributed by atoms with E-state index in [2.05, 4.69) is 15.4 Å². The highest BCUT2D eigenvalue weighted by molar-refractivity contribution is 7.59. The van der Waals surface area contributed by atoms with Crippen LogP contribution in [0.4, 0.5) is 11.5 Å². The van der Waals surface area contributed by atoms with Crippen LogP contribution in [-0.2, 0) is 24.2 Å². The van der Waals surface area contributed by atoms with E-state index < -0.39 is 43.2 Å². The number of rotatable bonds is 15. The molecule has 7 rings (SSSR count). The molecule has 13 heteroatoms. The van der Waals surface area contributed by atoms with Gasteiger partial charge in [0.2, 0.25) is 0 Å². The molecule has 57 heavy (non-hydrogen) atoms. The maximum Gasteiger partial charge on any atom is 0.351 e. The highest BCUT2D eigenvalue weighted by Crippen LogP contribution is 2.49. The Kier molecular flexibility index (Phi) is 12.0. The van der Waals surface area contributed by atoms with Crippen molar-refractivity contribution in [2.75, 3.05) is 37.9 Å². The van der Waals surface area contributed by atoms with Gasteiger partial charge in [0.1, 0.15) is 35.2 Å². The lowest BCUT2D eigenvalue weighted by Gasteiger charge is -2.37. The summed E-state index contributed by atoms with van der Waals surface area (Å²) < 4.78 is 46.5. The SMILES string of the molecule is COc1ccc(C(OC[C@H]2O[C@@H](n3ccc(NC(=O)c4ccccc4)nc3=O)C[C@@H]2O[P@@](C)(=O)Nc2ccccc2)(c2ccccc2)c2ccc(OC)cc2)cc1. The van der Waals surface area contributed by atoms with Crippen molar-refractivity contribution in [2.45, 2.75) is 30.5 Å². The first-order valence-corrected chi connectivity index (χ1v) is 20.4. The van der Waals surface area contributed by atoms with Gasteiger partial charge in [-0.1, -0.05) is 91.0 Å². The molecular formula is C44H43N4O8P. The molecule has 12 nitrogen and oxygen atoms in total. The lowest BCUT2D eigenvalue weighted by Crippen LogP contribution is -2.38. The van der Waals surface area contributed by atoms with Gasteiger partial charge in [0.15, 0.2) is 0 Å². The second-order valence-electron chi connectivity index (χ2n) is 13.5. The molecule has 0 saturated carbocycles. The zero-order valence-electron chi connectivity index (χ0n) is 31.7. The topological polar surface area (TPSA) is 139 Å². The Morgan fingerprint density at radius 3 is 1.89 bits per heavy atom. The van der Waals surface area contributed by atoms with Gasteiger partial charge in [-0.3, -0.25) is 13.9 Å². The van der Waals surface area contributed by atoms with E-state index >= 15 is 0 Å². The Labute approximate surface area is 330 Å². The van der Waals surface area contributed by atoms with Crippen molar-refractivity contribution in [1.82, 2.24) is 9.55 Å². The fourth-order valence-electron chi connectivity index (χ4n) is 6.92. The van der Waals surface area contributed by atoms with Crippen LogP contribution >= 0.6 is 7.52 Å². The largest absolute Gasteiger partial charge is 0.497 e. The lowest BCUT2D eigenvalue weighted by molar-refractivity contribution is -0.0913. The average Bonchev–Trinajstić information content (AvgIpc) is 3.63. The van der Waals surface area contributed by atoms with E-state index in [1.165, 1.54) is 23.5 Å². The summed E-state index contributed by atoms with van der Waals surface area (Å²) in [7, 11) is -0.279. The molecule has 1 saturated heterocycles. The van der Waals surface area contributed by atoms with Gasteiger partial charge in [0.05, 0.1) is 26.9 Å². The van der Waals surface area contributed by atoms with E-state index in [4.69, 9.17) is 23.5 Å². The number of carbonyl (C=O) groups is 1. The summed E-state index contributed by atoms with van der Waals surface area (Å²) >= 11 is 0. The molecule has 2 heterocycles. The molecule has 5 aromatic carbocycles. The van der Waals surface area contributed by atoms with E-state index in [1.54, 1.807) is 50.6 Å². The summed E-state index contributed by atoms with van der Waals surface area (Å²) in [4.78, 5) is 30.4. The number of carbonyl (C=O) groups excluding carboxylic acids is 1. The number of para-hydroxylation sites is 1. The standard InChI is InChI=1S/C44H43N4O8P/c1-52-36-23-19-33(20-24-36)44(32-15-9-5-10-16-32,34-21-25-37(53-2)26-22-34)54-30-39-38(56-57(3,51)47-35-17-11-6-12-18-35)29-41(55-39)48-28-27-40(46-43(48)50)45-42(49)31-13-7-4-8-14-31/h4-28,38-39,41H,29-30H2,1-3H3,(H,47,51)(H,45,46,49,50)/t38-,39+,41+,57+/m0/s1. The smallest absolute Gasteiger partial charge is 0.351 e. The van der Waals surface area contributed by atoms with E-state index in [0.717, 1.165) is 16.7 Å². The Morgan fingerprint density at radius 2 is 1.33 bits per heavy atom. The summed E-state index contributed by atoms with van der Waals surface area (Å²) in [6, 6.07) is 44.4. The van der Waals surface area contributed by atoms with Crippen LogP contribution in [-0.4, -0.2) is 55.2 Å². The van der Waals surface area contributed by atoms with Crippen molar-refractivity contribution in [2.24, 2.45) is 0 Å². The highest BCUT2D eigenvalue weighted by Gasteiger charge is 2.44. The summed E-state index contributed by atoms with van der Waals surface area (Å²) in [5.41, 5.74) is 1.69. The van der Waals surface area contributed by atoms with Gasteiger partial charge in [0, 0.05) is 30.5 Å². The first kappa shape index (κ1) is 39.2. The molecule has 0 bridgehead atoms. The van der Waals surface area contributed by atoms with Crippen molar-refractivity contribution in [3.63, 3.8) is 0 Å². The van der Waals surface area contributed by atoms with Crippen molar-refractivity contribution < 1.29 is 32.8 Å². The third-order valence-electron chi connectivity index (χ3n) is 9.68. The number of benzene rings is 5. The number of anilines is 2. The van der Waals surface area contributed by atoms with E-state index in [9.17, 15) is 14.2 Å². The Hall–Kier alpha value is -6.04. The fraction of sp³-hybridized carbons (Fsp3) is 0.205. The van der Waals surface area contributed by atoms with Gasteiger partial charge in [0.25, 0.3) is 13.4 Å². The van der Waals surface area contributed by atoms with Crippen molar-refractivity contribution in [1.29, 1.82) is 0 Å². The summed E-state index contributed by atoms with van der Waals surface area (Å²) in [6.45, 7) is 1.46. The molecule has 1 fully saturated rings. The highest BCUT2D eigenvalue weighted by atomic mass is 31.2. The zero-order chi connectivity index (χ0) is 39.8. The van der Waals surface area contributed by atoms with E-state index in [0.29, 0.717) is 22.7 Å². The molecule has 0 spiro atoms. The number of aromatic nitrogens is 2. The minimum Gasteiger partial charge on any atom is -0.497 e. The van der Waals surface area contributed by atoms with Crippen LogP contribution in [0.1, 0.15) is 39.7 Å². The normalized spacial score (nSPS) is 17.6. The van der Waals surface area contributed by atoms with Gasteiger partial charge in [-0.15, -0.1) is 0 Å². The average molecular weight is 787 g/mol. The molecule has 6 aromatic rings. The van der Waals surface area contributed by atoms with Crippen LogP contribution in [0.25, 0.3) is 0 Å². The number of hydrogen-bond donors (Lipinski definition) is 2. The first-order chi connectivity index (χ1) is 27.7. The van der Waals surface area contributed by atoms with Gasteiger partial charge in [-0.05, 0) is 71.3 Å². The van der Waals surface area contributed by atoms with Gasteiger partial charge in [-0.2, -0.15) is 4.98 Å². The molecule has 0 radical (unpaired) electrons. The first-order valence-electron chi connectivity index (χ1n) is 18.4. The maximum absolute atomic E-state index is 14.1. The number of nitrogens with zero attached hydrogens (tertiary/aromatic N) is 2. The van der Waals surface area contributed by atoms with Crippen LogP contribution in [0.15, 0.2) is 157 Å². The molecule has 292 valence electrons. The number of nitrogens with one attached hydrogen (secondary N) is 2. The quantitative estimate of drug-likeness (QED) is 0.0775. The molecule has 1 aromatic heterocycles. The number of amides is 1. The molecule has 0 aliphatic carbocycles. The van der Waals surface area contributed by atoms with Crippen molar-refractivity contribution in [3.05, 3.63) is 185 Å². The minimum atomic E-state index is -3.50. The van der Waals surface area contributed by atoms with Crippen molar-refractivity contribution >= 4 is 24.9 Å². The summed E-state index contributed by atoms with van der Waals surface area (Å²) in [6.07, 6.45) is -0.829. The Bertz CT molecular complexity index is 2320. The van der Waals surface area contributed by atoms with Crippen LogP contribution < -0.4 is 25.6 Å². The monoisotopic (exact) mass is 786 g/mol. The van der Waals surface area contributed by atoms with Gasteiger partial charge < -0.3 is 33.9 Å². The Balaban J connectivity index is 1.23. The molecule has 2 N–H and O–H groups in total. The maximum atomic E-state index is 14.1. The van der Waals surface area contributed by atoms with Gasteiger partial charge in [-0.25, -0.2) is 4.79 Å². The number of ether oxygens (including phenoxy) is 4. The molecule has 0 unspecified atom stereocenters. The third kappa shape index (κ3) is 9.01. The minimum absolute atomic E-state index is 0.0488. The molecule has 1 aliphatic rings. The lowest BCUT2D eigenvalue weighted by atomic mass is 9.80. The van der Waals surface area contributed by atoms with Crippen LogP contribution in [0, 0.1) is 0 Å².